The summed E-state index contributed by atoms with van der Waals surface area (Å²) in [5, 5.41) is 12.9. The minimum atomic E-state index is -0.864. The summed E-state index contributed by atoms with van der Waals surface area (Å²) in [6.07, 6.45) is 1.72. The van der Waals surface area contributed by atoms with E-state index >= 15 is 0 Å². The van der Waals surface area contributed by atoms with Crippen LogP contribution in [-0.4, -0.2) is 76.7 Å². The molecule has 3 unspecified atom stereocenters. The Morgan fingerprint density at radius 2 is 1.75 bits per heavy atom. The van der Waals surface area contributed by atoms with Gasteiger partial charge in [0.2, 0.25) is 11.8 Å². The second-order valence-electron chi connectivity index (χ2n) is 11.0. The van der Waals surface area contributed by atoms with Gasteiger partial charge in [0.25, 0.3) is 0 Å². The van der Waals surface area contributed by atoms with Crippen LogP contribution in [-0.2, 0) is 29.1 Å². The van der Waals surface area contributed by atoms with E-state index in [4.69, 9.17) is 9.47 Å². The molecule has 3 aromatic carbocycles. The Balaban J connectivity index is 1.52. The van der Waals surface area contributed by atoms with Crippen LogP contribution in [0.3, 0.4) is 0 Å². The number of nitrogens with zero attached hydrogens (tertiary/aromatic N) is 3. The number of piperazine rings is 1. The second-order valence-corrected chi connectivity index (χ2v) is 11.0. The van der Waals surface area contributed by atoms with E-state index in [9.17, 15) is 19.5 Å². The first kappa shape index (κ1) is 30.5. The topological polar surface area (TPSA) is 112 Å². The van der Waals surface area contributed by atoms with Gasteiger partial charge in [0.15, 0.2) is 11.5 Å². The van der Waals surface area contributed by atoms with Crippen molar-refractivity contribution in [3.8, 4) is 17.2 Å². The largest absolute Gasteiger partial charge is 0.508 e. The molecule has 44 heavy (non-hydrogen) atoms. The van der Waals surface area contributed by atoms with Crippen LogP contribution in [0, 0.1) is 0 Å². The van der Waals surface area contributed by atoms with Gasteiger partial charge in [-0.3, -0.25) is 14.5 Å². The van der Waals surface area contributed by atoms with E-state index in [0.29, 0.717) is 24.5 Å². The minimum absolute atomic E-state index is 0.0738. The molecule has 0 spiro atoms. The van der Waals surface area contributed by atoms with Crippen LogP contribution in [0.2, 0.25) is 0 Å². The molecule has 4 amide bonds. The number of fused-ring (bicyclic) bond motifs is 1. The fraction of sp³-hybridized carbons (Fsp3) is 0.324. The monoisotopic (exact) mass is 598 g/mol. The molecule has 2 fully saturated rings. The summed E-state index contributed by atoms with van der Waals surface area (Å²) in [6.45, 7) is 4.50. The van der Waals surface area contributed by atoms with Gasteiger partial charge in [-0.05, 0) is 35.7 Å². The number of phenols is 1. The fourth-order valence-electron chi connectivity index (χ4n) is 6.15. The van der Waals surface area contributed by atoms with Crippen molar-refractivity contribution in [3.63, 3.8) is 0 Å². The molecular weight excluding hydrogens is 560 g/mol. The molecule has 2 aliphatic rings. The average Bonchev–Trinajstić information content (AvgIpc) is 3.03. The summed E-state index contributed by atoms with van der Waals surface area (Å²) in [6, 6.07) is 20.1. The molecule has 2 heterocycles. The average molecular weight is 599 g/mol. The van der Waals surface area contributed by atoms with Gasteiger partial charge < -0.3 is 29.7 Å². The van der Waals surface area contributed by atoms with Crippen LogP contribution in [0.1, 0.15) is 29.5 Å². The third-order valence-corrected chi connectivity index (χ3v) is 8.22. The maximum Gasteiger partial charge on any atom is 0.319 e. The number of methoxy groups -OCH3 is 2. The first-order valence-corrected chi connectivity index (χ1v) is 14.6. The molecule has 0 aromatic heterocycles. The van der Waals surface area contributed by atoms with E-state index in [1.165, 1.54) is 0 Å². The van der Waals surface area contributed by atoms with E-state index < -0.39 is 18.2 Å². The fourth-order valence-corrected chi connectivity index (χ4v) is 6.15. The number of hydrogen-bond donors (Lipinski definition) is 2. The van der Waals surface area contributed by atoms with Crippen molar-refractivity contribution in [2.45, 2.75) is 50.6 Å². The molecule has 0 saturated carbocycles. The summed E-state index contributed by atoms with van der Waals surface area (Å²) < 4.78 is 11.1. The number of carbonyl (C=O) groups is 3. The van der Waals surface area contributed by atoms with Gasteiger partial charge in [-0.1, -0.05) is 60.7 Å². The lowest BCUT2D eigenvalue weighted by molar-refractivity contribution is -0.170. The standard InChI is InChI=1S/C34H38N4O6/c1-4-9-26-19-31(40)38-28(18-23-14-16-27(39)17-15-23)33(41)36(21-25-12-8-13-29(43-2)32(25)44-3)22-30(38)37(26)34(42)35-20-24-10-6-5-7-11-24/h4-8,10-17,26,28,30,39H,1,9,18-22H2,2-3H3,(H,35,42). The number of aromatic hydroxyl groups is 1. The van der Waals surface area contributed by atoms with E-state index in [2.05, 4.69) is 11.9 Å². The van der Waals surface area contributed by atoms with Gasteiger partial charge in [0, 0.05) is 37.5 Å². The SMILES string of the molecule is C=CCC1CC(=O)N2C(Cc3ccc(O)cc3)C(=O)N(Cc3cccc(OC)c3OC)CC2N1C(=O)NCc1ccccc1. The molecule has 0 aliphatic carbocycles. The molecule has 0 radical (unpaired) electrons. The summed E-state index contributed by atoms with van der Waals surface area (Å²) in [5.74, 6) is 0.736. The number of benzene rings is 3. The van der Waals surface area contributed by atoms with Crippen molar-refractivity contribution >= 4 is 17.8 Å². The van der Waals surface area contributed by atoms with E-state index in [1.54, 1.807) is 65.3 Å². The van der Waals surface area contributed by atoms with Gasteiger partial charge in [0.05, 0.1) is 20.8 Å². The van der Waals surface area contributed by atoms with Gasteiger partial charge in [-0.25, -0.2) is 4.79 Å². The number of hydrogen-bond acceptors (Lipinski definition) is 6. The number of amides is 4. The maximum atomic E-state index is 14.2. The van der Waals surface area contributed by atoms with Crippen molar-refractivity contribution in [2.24, 2.45) is 0 Å². The van der Waals surface area contributed by atoms with Gasteiger partial charge in [-0.2, -0.15) is 0 Å². The molecule has 10 heteroatoms. The lowest BCUT2D eigenvalue weighted by Crippen LogP contribution is -2.74. The molecular formula is C34H38N4O6. The predicted molar refractivity (Wildman–Crippen MR) is 165 cm³/mol. The van der Waals surface area contributed by atoms with E-state index in [-0.39, 0.29) is 49.5 Å². The third-order valence-electron chi connectivity index (χ3n) is 8.22. The summed E-state index contributed by atoms with van der Waals surface area (Å²) in [5.41, 5.74) is 2.46. The molecule has 2 N–H and O–H groups in total. The zero-order valence-corrected chi connectivity index (χ0v) is 25.0. The quantitative estimate of drug-likeness (QED) is 0.341. The number of phenolic OH excluding ortho intramolecular Hbond substituents is 1. The van der Waals surface area contributed by atoms with E-state index in [0.717, 1.165) is 16.7 Å². The minimum Gasteiger partial charge on any atom is -0.508 e. The van der Waals surface area contributed by atoms with E-state index in [1.807, 2.05) is 42.5 Å². The van der Waals surface area contributed by atoms with Gasteiger partial charge in [0.1, 0.15) is 18.0 Å². The molecule has 2 aliphatic heterocycles. The van der Waals surface area contributed by atoms with Crippen molar-refractivity contribution in [3.05, 3.63) is 102 Å². The maximum absolute atomic E-state index is 14.2. The molecule has 5 rings (SSSR count). The Kier molecular flexibility index (Phi) is 9.38. The molecule has 3 aromatic rings. The first-order chi connectivity index (χ1) is 21.3. The Labute approximate surface area is 257 Å². The highest BCUT2D eigenvalue weighted by molar-refractivity contribution is 5.91. The molecule has 0 bridgehead atoms. The number of nitrogens with one attached hydrogen (secondary N) is 1. The van der Waals surface area contributed by atoms with Gasteiger partial charge >= 0.3 is 6.03 Å². The molecule has 3 atom stereocenters. The predicted octanol–water partition coefficient (Wildman–Crippen LogP) is 4.08. The van der Waals surface area contributed by atoms with Crippen molar-refractivity contribution in [1.29, 1.82) is 0 Å². The Bertz CT molecular complexity index is 1500. The van der Waals surface area contributed by atoms with Crippen LogP contribution in [0.25, 0.3) is 0 Å². The summed E-state index contributed by atoms with van der Waals surface area (Å²) >= 11 is 0. The van der Waals surface area contributed by atoms with Crippen molar-refractivity contribution < 1.29 is 29.0 Å². The van der Waals surface area contributed by atoms with Crippen LogP contribution >= 0.6 is 0 Å². The Morgan fingerprint density at radius 3 is 2.43 bits per heavy atom. The summed E-state index contributed by atoms with van der Waals surface area (Å²) in [4.78, 5) is 46.9. The lowest BCUT2D eigenvalue weighted by Gasteiger charge is -2.54. The molecule has 10 nitrogen and oxygen atoms in total. The number of ether oxygens (including phenoxy) is 2. The van der Waals surface area contributed by atoms with Crippen LogP contribution < -0.4 is 14.8 Å². The highest BCUT2D eigenvalue weighted by Crippen LogP contribution is 2.35. The first-order valence-electron chi connectivity index (χ1n) is 14.6. The van der Waals surface area contributed by atoms with Gasteiger partial charge in [-0.15, -0.1) is 6.58 Å². The Morgan fingerprint density at radius 1 is 1.00 bits per heavy atom. The van der Waals surface area contributed by atoms with Crippen LogP contribution in [0.15, 0.2) is 85.5 Å². The highest BCUT2D eigenvalue weighted by atomic mass is 16.5. The molecule has 230 valence electrons. The molecule has 2 saturated heterocycles. The number of carbonyl (C=O) groups excluding carboxylic acids is 3. The number of rotatable bonds is 10. The highest BCUT2D eigenvalue weighted by Gasteiger charge is 2.51. The second kappa shape index (κ2) is 13.5. The Hall–Kier alpha value is -4.99. The zero-order valence-electron chi connectivity index (χ0n) is 25.0. The number of para-hydroxylation sites is 1. The number of urea groups is 1. The summed E-state index contributed by atoms with van der Waals surface area (Å²) in [7, 11) is 3.10. The third kappa shape index (κ3) is 6.34. The van der Waals surface area contributed by atoms with Crippen molar-refractivity contribution in [2.75, 3.05) is 20.8 Å². The normalized spacial score (nSPS) is 19.8. The smallest absolute Gasteiger partial charge is 0.319 e. The lowest BCUT2D eigenvalue weighted by atomic mass is 9.93. The zero-order chi connectivity index (χ0) is 31.2. The van der Waals surface area contributed by atoms with Crippen molar-refractivity contribution in [1.82, 2.24) is 20.0 Å². The van der Waals surface area contributed by atoms with Crippen LogP contribution in [0.4, 0.5) is 4.79 Å². The van der Waals surface area contributed by atoms with Crippen LogP contribution in [0.5, 0.6) is 17.2 Å².